The molecular formula is C12H18O. The van der Waals surface area contributed by atoms with Gasteiger partial charge in [0, 0.05) is 5.92 Å². The first-order chi connectivity index (χ1) is 6.34. The zero-order chi connectivity index (χ0) is 9.52. The molecule has 0 spiro atoms. The molecule has 0 fully saturated rings. The van der Waals surface area contributed by atoms with Crippen molar-refractivity contribution < 1.29 is 4.79 Å². The van der Waals surface area contributed by atoms with Gasteiger partial charge in [0.25, 0.3) is 0 Å². The second kappa shape index (κ2) is 5.74. The van der Waals surface area contributed by atoms with Gasteiger partial charge in [-0.2, -0.15) is 0 Å². The highest BCUT2D eigenvalue weighted by Crippen LogP contribution is 2.17. The van der Waals surface area contributed by atoms with E-state index in [9.17, 15) is 4.79 Å². The van der Waals surface area contributed by atoms with E-state index in [0.717, 1.165) is 12.8 Å². The highest BCUT2D eigenvalue weighted by atomic mass is 16.1. The molecule has 0 radical (unpaired) electrons. The summed E-state index contributed by atoms with van der Waals surface area (Å²) in [6.07, 6.45) is 13.7. The summed E-state index contributed by atoms with van der Waals surface area (Å²) in [5.74, 6) is 0.414. The van der Waals surface area contributed by atoms with E-state index < -0.39 is 0 Å². The Bertz CT molecular complexity index is 213. The molecule has 1 nitrogen and oxygen atoms in total. The largest absolute Gasteiger partial charge is 0.294 e. The van der Waals surface area contributed by atoms with Gasteiger partial charge in [-0.3, -0.25) is 4.79 Å². The summed E-state index contributed by atoms with van der Waals surface area (Å²) in [6.45, 7) is 1.89. The zero-order valence-corrected chi connectivity index (χ0v) is 8.33. The monoisotopic (exact) mass is 178 g/mol. The van der Waals surface area contributed by atoms with Gasteiger partial charge in [-0.05, 0) is 32.3 Å². The van der Waals surface area contributed by atoms with Crippen LogP contribution in [0, 0.1) is 5.92 Å². The number of hydrogen-bond acceptors (Lipinski definition) is 1. The molecule has 0 aromatic rings. The van der Waals surface area contributed by atoms with Crippen molar-refractivity contribution in [1.29, 1.82) is 0 Å². The standard InChI is InChI=1S/C12H18O/c1-2-8-12(13)11-9-6-4-3-5-7-10-11/h2,6,8-9,11H,3-5,7,10H2,1H3. The van der Waals surface area contributed by atoms with Gasteiger partial charge in [0.2, 0.25) is 0 Å². The smallest absolute Gasteiger partial charge is 0.162 e. The fourth-order valence-corrected chi connectivity index (χ4v) is 1.68. The summed E-state index contributed by atoms with van der Waals surface area (Å²) >= 11 is 0. The van der Waals surface area contributed by atoms with E-state index in [1.165, 1.54) is 19.3 Å². The predicted octanol–water partition coefficient (Wildman–Crippen LogP) is 3.27. The first-order valence-corrected chi connectivity index (χ1v) is 5.18. The van der Waals surface area contributed by atoms with E-state index in [1.54, 1.807) is 6.08 Å². The van der Waals surface area contributed by atoms with E-state index >= 15 is 0 Å². The Kier molecular flexibility index (Phi) is 4.52. The van der Waals surface area contributed by atoms with Crippen LogP contribution >= 0.6 is 0 Å². The Hall–Kier alpha value is -0.850. The highest BCUT2D eigenvalue weighted by Gasteiger charge is 2.12. The minimum atomic E-state index is 0.150. The van der Waals surface area contributed by atoms with E-state index in [1.807, 2.05) is 13.0 Å². The zero-order valence-electron chi connectivity index (χ0n) is 8.33. The SMILES string of the molecule is CC=CC(=O)C1C=CCCCCC1. The average molecular weight is 178 g/mol. The van der Waals surface area contributed by atoms with Gasteiger partial charge in [-0.1, -0.05) is 31.1 Å². The third-order valence-corrected chi connectivity index (χ3v) is 2.45. The first kappa shape index (κ1) is 10.2. The van der Waals surface area contributed by atoms with Crippen LogP contribution in [0.2, 0.25) is 0 Å². The van der Waals surface area contributed by atoms with Gasteiger partial charge >= 0.3 is 0 Å². The molecule has 0 bridgehead atoms. The summed E-state index contributed by atoms with van der Waals surface area (Å²) < 4.78 is 0. The van der Waals surface area contributed by atoms with Gasteiger partial charge in [-0.15, -0.1) is 0 Å². The summed E-state index contributed by atoms with van der Waals surface area (Å²) in [6, 6.07) is 0. The quantitative estimate of drug-likeness (QED) is 0.468. The van der Waals surface area contributed by atoms with E-state index in [2.05, 4.69) is 12.2 Å². The van der Waals surface area contributed by atoms with Crippen LogP contribution in [0.3, 0.4) is 0 Å². The van der Waals surface area contributed by atoms with Crippen LogP contribution < -0.4 is 0 Å². The Morgan fingerprint density at radius 1 is 1.38 bits per heavy atom. The van der Waals surface area contributed by atoms with Crippen LogP contribution in [0.1, 0.15) is 39.0 Å². The molecule has 0 amide bonds. The maximum absolute atomic E-state index is 11.5. The molecule has 0 aromatic heterocycles. The Labute approximate surface area is 80.5 Å². The average Bonchev–Trinajstić information content (AvgIpc) is 2.03. The van der Waals surface area contributed by atoms with Crippen LogP contribution in [0.5, 0.6) is 0 Å². The van der Waals surface area contributed by atoms with Crippen LogP contribution in [0.4, 0.5) is 0 Å². The van der Waals surface area contributed by atoms with Crippen molar-refractivity contribution in [3.05, 3.63) is 24.3 Å². The molecule has 0 aromatic carbocycles. The summed E-state index contributed by atoms with van der Waals surface area (Å²) in [5, 5.41) is 0. The van der Waals surface area contributed by atoms with E-state index in [4.69, 9.17) is 0 Å². The minimum Gasteiger partial charge on any atom is -0.294 e. The maximum atomic E-state index is 11.5. The van der Waals surface area contributed by atoms with Gasteiger partial charge in [0.1, 0.15) is 0 Å². The molecule has 0 N–H and O–H groups in total. The molecule has 1 unspecified atom stereocenters. The lowest BCUT2D eigenvalue weighted by Crippen LogP contribution is -2.10. The third-order valence-electron chi connectivity index (χ3n) is 2.45. The molecule has 72 valence electrons. The molecule has 0 heterocycles. The molecule has 0 aliphatic heterocycles. The number of rotatable bonds is 2. The fourth-order valence-electron chi connectivity index (χ4n) is 1.68. The first-order valence-electron chi connectivity index (χ1n) is 5.18. The lowest BCUT2D eigenvalue weighted by molar-refractivity contribution is -0.117. The minimum absolute atomic E-state index is 0.150. The molecular weight excluding hydrogens is 160 g/mol. The third kappa shape index (κ3) is 3.58. The van der Waals surface area contributed by atoms with Crippen LogP contribution in [0.15, 0.2) is 24.3 Å². The van der Waals surface area contributed by atoms with Crippen molar-refractivity contribution in [2.75, 3.05) is 0 Å². The fraction of sp³-hybridized carbons (Fsp3) is 0.583. The predicted molar refractivity (Wildman–Crippen MR) is 55.5 cm³/mol. The van der Waals surface area contributed by atoms with Gasteiger partial charge in [-0.25, -0.2) is 0 Å². The summed E-state index contributed by atoms with van der Waals surface area (Å²) in [7, 11) is 0. The molecule has 0 saturated carbocycles. The van der Waals surface area contributed by atoms with Crippen LogP contribution in [-0.2, 0) is 4.79 Å². The Balaban J connectivity index is 2.54. The van der Waals surface area contributed by atoms with Crippen molar-refractivity contribution in [2.45, 2.75) is 39.0 Å². The van der Waals surface area contributed by atoms with E-state index in [-0.39, 0.29) is 11.7 Å². The lowest BCUT2D eigenvalue weighted by Gasteiger charge is -2.11. The number of carbonyl (C=O) groups is 1. The van der Waals surface area contributed by atoms with Crippen molar-refractivity contribution in [3.63, 3.8) is 0 Å². The van der Waals surface area contributed by atoms with Gasteiger partial charge in [0.15, 0.2) is 5.78 Å². The second-order valence-electron chi connectivity index (χ2n) is 3.58. The van der Waals surface area contributed by atoms with Crippen molar-refractivity contribution in [1.82, 2.24) is 0 Å². The number of hydrogen-bond donors (Lipinski definition) is 0. The summed E-state index contributed by atoms with van der Waals surface area (Å²) in [4.78, 5) is 11.5. The number of allylic oxidation sites excluding steroid dienone is 4. The highest BCUT2D eigenvalue weighted by molar-refractivity contribution is 5.92. The number of carbonyl (C=O) groups excluding carboxylic acids is 1. The molecule has 13 heavy (non-hydrogen) atoms. The second-order valence-corrected chi connectivity index (χ2v) is 3.58. The van der Waals surface area contributed by atoms with Crippen molar-refractivity contribution in [2.24, 2.45) is 5.92 Å². The molecule has 1 atom stereocenters. The Morgan fingerprint density at radius 2 is 2.23 bits per heavy atom. The molecule has 1 aliphatic carbocycles. The van der Waals surface area contributed by atoms with Gasteiger partial charge in [0.05, 0.1) is 0 Å². The van der Waals surface area contributed by atoms with Crippen LogP contribution in [-0.4, -0.2) is 5.78 Å². The molecule has 0 saturated heterocycles. The maximum Gasteiger partial charge on any atom is 0.162 e. The number of ketones is 1. The molecule has 1 aliphatic rings. The van der Waals surface area contributed by atoms with E-state index in [0.29, 0.717) is 0 Å². The van der Waals surface area contributed by atoms with Crippen LogP contribution in [0.25, 0.3) is 0 Å². The van der Waals surface area contributed by atoms with Crippen molar-refractivity contribution in [3.8, 4) is 0 Å². The normalized spacial score (nSPS) is 24.2. The van der Waals surface area contributed by atoms with Crippen molar-refractivity contribution >= 4 is 5.78 Å². The lowest BCUT2D eigenvalue weighted by atomic mass is 9.93. The molecule has 1 heteroatoms. The molecule has 1 rings (SSSR count). The van der Waals surface area contributed by atoms with Gasteiger partial charge < -0.3 is 0 Å². The topological polar surface area (TPSA) is 17.1 Å². The summed E-state index contributed by atoms with van der Waals surface area (Å²) in [5.41, 5.74) is 0. The Morgan fingerprint density at radius 3 is 3.00 bits per heavy atom.